The van der Waals surface area contributed by atoms with Crippen LogP contribution in [0.5, 0.6) is 0 Å². The molecular weight excluding hydrogens is 255 g/mol. The van der Waals surface area contributed by atoms with Crippen molar-refractivity contribution >= 4 is 17.5 Å². The van der Waals surface area contributed by atoms with Crippen molar-refractivity contribution in [3.8, 4) is 0 Å². The first-order valence-corrected chi connectivity index (χ1v) is 5.58. The molecule has 0 aliphatic heterocycles. The number of alkyl halides is 1. The van der Waals surface area contributed by atoms with Crippen molar-refractivity contribution in [1.29, 1.82) is 0 Å². The molecule has 1 rings (SSSR count). The molecule has 0 aliphatic carbocycles. The Labute approximate surface area is 102 Å². The maximum absolute atomic E-state index is 12.8. The summed E-state index contributed by atoms with van der Waals surface area (Å²) in [4.78, 5) is 11.4. The molecule has 0 fully saturated rings. The van der Waals surface area contributed by atoms with Gasteiger partial charge in [-0.2, -0.15) is 0 Å². The number of amides is 1. The molecule has 17 heavy (non-hydrogen) atoms. The average Bonchev–Trinajstić information content (AvgIpc) is 2.30. The molecule has 0 atom stereocenters. The van der Waals surface area contributed by atoms with Gasteiger partial charge in [-0.25, -0.2) is 13.2 Å². The summed E-state index contributed by atoms with van der Waals surface area (Å²) in [6, 6.07) is 1.32. The number of hydrogen-bond donors (Lipinski definition) is 1. The molecule has 2 nitrogen and oxygen atoms in total. The fourth-order valence-corrected chi connectivity index (χ4v) is 1.40. The quantitative estimate of drug-likeness (QED) is 0.495. The van der Waals surface area contributed by atoms with Gasteiger partial charge in [0.2, 0.25) is 0 Å². The molecule has 0 unspecified atom stereocenters. The Morgan fingerprint density at radius 2 is 1.76 bits per heavy atom. The first-order chi connectivity index (χ1) is 8.06. The van der Waals surface area contributed by atoms with Crippen LogP contribution in [0.15, 0.2) is 12.1 Å². The van der Waals surface area contributed by atoms with Gasteiger partial charge in [0.25, 0.3) is 5.91 Å². The predicted molar refractivity (Wildman–Crippen MR) is 58.6 cm³/mol. The van der Waals surface area contributed by atoms with Crippen molar-refractivity contribution in [3.63, 3.8) is 0 Å². The van der Waals surface area contributed by atoms with Gasteiger partial charge in [0, 0.05) is 18.0 Å². The van der Waals surface area contributed by atoms with E-state index in [1.54, 1.807) is 0 Å². The molecule has 0 bridgehead atoms. The number of halogens is 4. The molecule has 0 saturated carbocycles. The van der Waals surface area contributed by atoms with Crippen molar-refractivity contribution in [2.24, 2.45) is 0 Å². The highest BCUT2D eigenvalue weighted by Crippen LogP contribution is 2.13. The number of carbonyl (C=O) groups excluding carboxylic acids is 1. The smallest absolute Gasteiger partial charge is 0.251 e. The molecule has 0 heterocycles. The number of rotatable bonds is 5. The Kier molecular flexibility index (Phi) is 5.28. The molecule has 94 valence electrons. The minimum atomic E-state index is -1.58. The monoisotopic (exact) mass is 265 g/mol. The zero-order chi connectivity index (χ0) is 12.8. The van der Waals surface area contributed by atoms with Crippen LogP contribution in [0.3, 0.4) is 0 Å². The van der Waals surface area contributed by atoms with Crippen LogP contribution in [0.1, 0.15) is 23.2 Å². The number of unbranched alkanes of at least 4 members (excludes halogenated alkanes) is 1. The summed E-state index contributed by atoms with van der Waals surface area (Å²) in [5.41, 5.74) is -0.243. The van der Waals surface area contributed by atoms with E-state index < -0.39 is 23.4 Å². The number of nitrogens with one attached hydrogen (secondary N) is 1. The summed E-state index contributed by atoms with van der Waals surface area (Å²) in [5, 5.41) is 2.45. The highest BCUT2D eigenvalue weighted by Gasteiger charge is 2.14. The van der Waals surface area contributed by atoms with Crippen molar-refractivity contribution in [2.75, 3.05) is 12.4 Å². The normalized spacial score (nSPS) is 10.4. The maximum Gasteiger partial charge on any atom is 0.251 e. The minimum absolute atomic E-state index is 0.243. The molecule has 0 aromatic heterocycles. The highest BCUT2D eigenvalue weighted by atomic mass is 35.5. The summed E-state index contributed by atoms with van der Waals surface area (Å²) >= 11 is 5.44. The minimum Gasteiger partial charge on any atom is -0.352 e. The zero-order valence-corrected chi connectivity index (χ0v) is 9.66. The van der Waals surface area contributed by atoms with Gasteiger partial charge < -0.3 is 5.32 Å². The van der Waals surface area contributed by atoms with Gasteiger partial charge in [0.05, 0.1) is 0 Å². The second-order valence-electron chi connectivity index (χ2n) is 3.41. The van der Waals surface area contributed by atoms with Crippen LogP contribution in [-0.2, 0) is 0 Å². The summed E-state index contributed by atoms with van der Waals surface area (Å²) in [7, 11) is 0. The van der Waals surface area contributed by atoms with Gasteiger partial charge in [-0.05, 0) is 25.0 Å². The highest BCUT2D eigenvalue weighted by molar-refractivity contribution is 6.17. The van der Waals surface area contributed by atoms with E-state index in [0.717, 1.165) is 6.42 Å². The van der Waals surface area contributed by atoms with Gasteiger partial charge in [-0.3, -0.25) is 4.79 Å². The molecule has 0 radical (unpaired) electrons. The molecule has 0 spiro atoms. The van der Waals surface area contributed by atoms with Crippen LogP contribution in [0.4, 0.5) is 13.2 Å². The van der Waals surface area contributed by atoms with Crippen molar-refractivity contribution in [1.82, 2.24) is 5.32 Å². The van der Waals surface area contributed by atoms with Gasteiger partial charge in [-0.15, -0.1) is 11.6 Å². The molecule has 1 amide bonds. The first-order valence-electron chi connectivity index (χ1n) is 5.05. The summed E-state index contributed by atoms with van der Waals surface area (Å²) in [6.07, 6.45) is 1.40. The van der Waals surface area contributed by atoms with E-state index in [2.05, 4.69) is 5.32 Å². The lowest BCUT2D eigenvalue weighted by Gasteiger charge is -2.05. The zero-order valence-electron chi connectivity index (χ0n) is 8.90. The lowest BCUT2D eigenvalue weighted by molar-refractivity contribution is 0.0952. The van der Waals surface area contributed by atoms with Crippen LogP contribution < -0.4 is 5.32 Å². The van der Waals surface area contributed by atoms with E-state index in [0.29, 0.717) is 31.0 Å². The van der Waals surface area contributed by atoms with Gasteiger partial charge in [-0.1, -0.05) is 0 Å². The Bertz CT molecular complexity index is 389. The lowest BCUT2D eigenvalue weighted by atomic mass is 10.2. The fourth-order valence-electron chi connectivity index (χ4n) is 1.21. The van der Waals surface area contributed by atoms with Crippen LogP contribution in [0, 0.1) is 17.5 Å². The molecular formula is C11H11ClF3NO. The van der Waals surface area contributed by atoms with Crippen LogP contribution in [0.2, 0.25) is 0 Å². The Balaban J connectivity index is 2.63. The second kappa shape index (κ2) is 6.49. The van der Waals surface area contributed by atoms with Crippen molar-refractivity contribution in [2.45, 2.75) is 12.8 Å². The third-order valence-electron chi connectivity index (χ3n) is 2.09. The van der Waals surface area contributed by atoms with Crippen LogP contribution in [0.25, 0.3) is 0 Å². The molecule has 1 aromatic carbocycles. The second-order valence-corrected chi connectivity index (χ2v) is 3.78. The summed E-state index contributed by atoms with van der Waals surface area (Å²) in [6.45, 7) is 0.353. The van der Waals surface area contributed by atoms with Gasteiger partial charge in [0.15, 0.2) is 17.5 Å². The van der Waals surface area contributed by atoms with E-state index in [1.807, 2.05) is 0 Å². The Hall–Kier alpha value is -1.23. The average molecular weight is 266 g/mol. The van der Waals surface area contributed by atoms with Crippen LogP contribution in [-0.4, -0.2) is 18.3 Å². The molecule has 0 aliphatic rings. The van der Waals surface area contributed by atoms with E-state index in [4.69, 9.17) is 11.6 Å². The SMILES string of the molecule is O=C(NCCCCCl)c1cc(F)c(F)c(F)c1. The molecule has 1 aromatic rings. The maximum atomic E-state index is 12.8. The third kappa shape index (κ3) is 3.93. The topological polar surface area (TPSA) is 29.1 Å². The molecule has 0 saturated heterocycles. The largest absolute Gasteiger partial charge is 0.352 e. The van der Waals surface area contributed by atoms with Gasteiger partial charge >= 0.3 is 0 Å². The van der Waals surface area contributed by atoms with E-state index in [9.17, 15) is 18.0 Å². The standard InChI is InChI=1S/C11H11ClF3NO/c12-3-1-2-4-16-11(17)7-5-8(13)10(15)9(14)6-7/h5-6H,1-4H2,(H,16,17). The van der Waals surface area contributed by atoms with E-state index in [1.165, 1.54) is 0 Å². The molecule has 6 heteroatoms. The van der Waals surface area contributed by atoms with E-state index in [-0.39, 0.29) is 5.56 Å². The Morgan fingerprint density at radius 1 is 1.18 bits per heavy atom. The Morgan fingerprint density at radius 3 is 2.29 bits per heavy atom. The predicted octanol–water partition coefficient (Wildman–Crippen LogP) is 2.85. The molecule has 1 N–H and O–H groups in total. The fraction of sp³-hybridized carbons (Fsp3) is 0.364. The van der Waals surface area contributed by atoms with Crippen molar-refractivity contribution in [3.05, 3.63) is 35.1 Å². The first kappa shape index (κ1) is 13.8. The van der Waals surface area contributed by atoms with E-state index >= 15 is 0 Å². The summed E-state index contributed by atoms with van der Waals surface area (Å²) < 4.78 is 38.3. The van der Waals surface area contributed by atoms with Gasteiger partial charge in [0.1, 0.15) is 0 Å². The summed E-state index contributed by atoms with van der Waals surface area (Å²) in [5.74, 6) is -4.50. The van der Waals surface area contributed by atoms with Crippen LogP contribution >= 0.6 is 11.6 Å². The van der Waals surface area contributed by atoms with Crippen molar-refractivity contribution < 1.29 is 18.0 Å². The lowest BCUT2D eigenvalue weighted by Crippen LogP contribution is -2.25. The third-order valence-corrected chi connectivity index (χ3v) is 2.36. The number of benzene rings is 1. The number of carbonyl (C=O) groups is 1. The number of hydrogen-bond acceptors (Lipinski definition) is 1.